The maximum absolute atomic E-state index is 13.3. The van der Waals surface area contributed by atoms with Gasteiger partial charge in [-0.25, -0.2) is 9.48 Å². The highest BCUT2D eigenvalue weighted by Gasteiger charge is 2.49. The quantitative estimate of drug-likeness (QED) is 0.476. The minimum absolute atomic E-state index is 0.133. The molecule has 0 spiro atoms. The summed E-state index contributed by atoms with van der Waals surface area (Å²) in [6.07, 6.45) is 1.45. The van der Waals surface area contributed by atoms with Gasteiger partial charge in [-0.05, 0) is 47.5 Å². The van der Waals surface area contributed by atoms with Gasteiger partial charge in [-0.3, -0.25) is 9.69 Å². The molecule has 1 saturated heterocycles. The fourth-order valence-electron chi connectivity index (χ4n) is 3.66. The Morgan fingerprint density at radius 2 is 1.97 bits per heavy atom. The van der Waals surface area contributed by atoms with Gasteiger partial charge in [0.1, 0.15) is 18.4 Å². The molecule has 1 aliphatic rings. The number of nitrogens with zero attached hydrogens (tertiary/aromatic N) is 7. The predicted octanol–water partition coefficient (Wildman–Crippen LogP) is 1.99. The van der Waals surface area contributed by atoms with Gasteiger partial charge in [0.25, 0.3) is 5.91 Å². The van der Waals surface area contributed by atoms with Crippen LogP contribution in [0.25, 0.3) is 17.1 Å². The predicted molar refractivity (Wildman–Crippen MR) is 110 cm³/mol. The van der Waals surface area contributed by atoms with E-state index in [0.29, 0.717) is 17.1 Å². The highest BCUT2D eigenvalue weighted by Crippen LogP contribution is 2.31. The van der Waals surface area contributed by atoms with Crippen LogP contribution in [0.4, 0.5) is 4.79 Å². The molecule has 5 rings (SSSR count). The van der Waals surface area contributed by atoms with E-state index in [1.165, 1.54) is 11.0 Å². The van der Waals surface area contributed by atoms with E-state index in [1.807, 2.05) is 31.2 Å². The van der Waals surface area contributed by atoms with Crippen molar-refractivity contribution in [3.05, 3.63) is 71.9 Å². The highest BCUT2D eigenvalue weighted by molar-refractivity contribution is 6.07. The summed E-state index contributed by atoms with van der Waals surface area (Å²) < 4.78 is 6.78. The Hall–Kier alpha value is -4.41. The largest absolute Gasteiger partial charge is 0.337 e. The van der Waals surface area contributed by atoms with E-state index in [2.05, 4.69) is 31.0 Å². The number of hydrogen-bond donors (Lipinski definition) is 1. The summed E-state index contributed by atoms with van der Waals surface area (Å²) in [5, 5.41) is 17.9. The highest BCUT2D eigenvalue weighted by atomic mass is 16.5. The molecule has 32 heavy (non-hydrogen) atoms. The molecule has 11 nitrogen and oxygen atoms in total. The van der Waals surface area contributed by atoms with Crippen molar-refractivity contribution in [1.29, 1.82) is 0 Å². The Balaban J connectivity index is 1.40. The molecule has 11 heteroatoms. The molecule has 160 valence electrons. The Kier molecular flexibility index (Phi) is 4.51. The van der Waals surface area contributed by atoms with Crippen LogP contribution < -0.4 is 5.32 Å². The lowest BCUT2D eigenvalue weighted by molar-refractivity contribution is -0.131. The van der Waals surface area contributed by atoms with Crippen molar-refractivity contribution < 1.29 is 14.1 Å². The van der Waals surface area contributed by atoms with Gasteiger partial charge in [-0.1, -0.05) is 41.6 Å². The van der Waals surface area contributed by atoms with Crippen molar-refractivity contribution in [2.75, 3.05) is 0 Å². The number of amides is 3. The number of rotatable bonds is 5. The van der Waals surface area contributed by atoms with Crippen LogP contribution in [0.2, 0.25) is 0 Å². The van der Waals surface area contributed by atoms with Crippen molar-refractivity contribution in [3.63, 3.8) is 0 Å². The SMILES string of the molecule is Cc1ccccc1-c1noc(CN2C(=O)N[C@@](C)(c3cccc(-n4cnnn4)c3)C2=O)n1. The molecule has 2 aromatic carbocycles. The van der Waals surface area contributed by atoms with Crippen LogP contribution in [0.3, 0.4) is 0 Å². The second kappa shape index (κ2) is 7.38. The first-order valence-electron chi connectivity index (χ1n) is 9.82. The topological polar surface area (TPSA) is 132 Å². The molecule has 1 N–H and O–H groups in total. The monoisotopic (exact) mass is 430 g/mol. The molecular formula is C21H18N8O3. The van der Waals surface area contributed by atoms with Gasteiger partial charge in [0.15, 0.2) is 0 Å². The number of carbonyl (C=O) groups is 2. The molecule has 0 saturated carbocycles. The lowest BCUT2D eigenvalue weighted by Crippen LogP contribution is -2.40. The third-order valence-electron chi connectivity index (χ3n) is 5.46. The third-order valence-corrected chi connectivity index (χ3v) is 5.46. The van der Waals surface area contributed by atoms with Crippen LogP contribution in [0.1, 0.15) is 23.9 Å². The smallest absolute Gasteiger partial charge is 0.325 e. The zero-order valence-corrected chi connectivity index (χ0v) is 17.3. The van der Waals surface area contributed by atoms with Crippen LogP contribution in [-0.4, -0.2) is 47.2 Å². The number of aryl methyl sites for hydroxylation is 1. The zero-order valence-electron chi connectivity index (χ0n) is 17.3. The first kappa shape index (κ1) is 19.5. The molecule has 0 unspecified atom stereocenters. The number of nitrogens with one attached hydrogen (secondary N) is 1. The summed E-state index contributed by atoms with van der Waals surface area (Å²) >= 11 is 0. The lowest BCUT2D eigenvalue weighted by atomic mass is 9.91. The molecule has 3 amide bonds. The number of tetrazole rings is 1. The van der Waals surface area contributed by atoms with E-state index in [-0.39, 0.29) is 12.4 Å². The van der Waals surface area contributed by atoms with Crippen LogP contribution in [0.15, 0.2) is 59.4 Å². The van der Waals surface area contributed by atoms with Crippen LogP contribution in [-0.2, 0) is 16.9 Å². The maximum Gasteiger partial charge on any atom is 0.325 e. The number of aromatic nitrogens is 6. The van der Waals surface area contributed by atoms with E-state index < -0.39 is 17.5 Å². The molecule has 0 aliphatic carbocycles. The van der Waals surface area contributed by atoms with E-state index in [1.54, 1.807) is 31.2 Å². The van der Waals surface area contributed by atoms with E-state index in [9.17, 15) is 9.59 Å². The van der Waals surface area contributed by atoms with Crippen LogP contribution >= 0.6 is 0 Å². The van der Waals surface area contributed by atoms with Crippen molar-refractivity contribution >= 4 is 11.9 Å². The van der Waals surface area contributed by atoms with Gasteiger partial charge in [0.05, 0.1) is 5.69 Å². The molecule has 4 aromatic rings. The van der Waals surface area contributed by atoms with Crippen molar-refractivity contribution in [1.82, 2.24) is 40.6 Å². The van der Waals surface area contributed by atoms with Gasteiger partial charge in [-0.15, -0.1) is 5.10 Å². The molecule has 0 radical (unpaired) electrons. The number of hydrogen-bond acceptors (Lipinski definition) is 8. The van der Waals surface area contributed by atoms with Crippen molar-refractivity contribution in [3.8, 4) is 17.1 Å². The Bertz CT molecular complexity index is 1320. The molecule has 1 aliphatic heterocycles. The molecule has 1 atom stereocenters. The van der Waals surface area contributed by atoms with Crippen LogP contribution in [0, 0.1) is 6.92 Å². The summed E-state index contributed by atoms with van der Waals surface area (Å²) in [4.78, 5) is 31.4. The molecule has 3 heterocycles. The van der Waals surface area contributed by atoms with Gasteiger partial charge in [-0.2, -0.15) is 4.98 Å². The van der Waals surface area contributed by atoms with E-state index in [0.717, 1.165) is 16.0 Å². The first-order chi connectivity index (χ1) is 15.5. The third kappa shape index (κ3) is 3.20. The summed E-state index contributed by atoms with van der Waals surface area (Å²) in [6, 6.07) is 14.2. The molecule has 2 aromatic heterocycles. The summed E-state index contributed by atoms with van der Waals surface area (Å²) in [5.74, 6) is 0.146. The lowest BCUT2D eigenvalue weighted by Gasteiger charge is -2.22. The fraction of sp³-hybridized carbons (Fsp3) is 0.190. The summed E-state index contributed by atoms with van der Waals surface area (Å²) in [5.41, 5.74) is 1.81. The van der Waals surface area contributed by atoms with Gasteiger partial charge in [0, 0.05) is 5.56 Å². The van der Waals surface area contributed by atoms with Crippen molar-refractivity contribution in [2.24, 2.45) is 0 Å². The normalized spacial score (nSPS) is 18.2. The Morgan fingerprint density at radius 3 is 2.75 bits per heavy atom. The van der Waals surface area contributed by atoms with Gasteiger partial charge < -0.3 is 9.84 Å². The average molecular weight is 430 g/mol. The summed E-state index contributed by atoms with van der Waals surface area (Å²) in [7, 11) is 0. The Morgan fingerprint density at radius 1 is 1.12 bits per heavy atom. The average Bonchev–Trinajstić information content (AvgIpc) is 3.53. The van der Waals surface area contributed by atoms with Gasteiger partial charge >= 0.3 is 6.03 Å². The molecular weight excluding hydrogens is 412 g/mol. The van der Waals surface area contributed by atoms with Crippen LogP contribution in [0.5, 0.6) is 0 Å². The molecule has 1 fully saturated rings. The Labute approximate surface area is 182 Å². The first-order valence-corrected chi connectivity index (χ1v) is 9.82. The number of imide groups is 1. The summed E-state index contributed by atoms with van der Waals surface area (Å²) in [6.45, 7) is 3.46. The zero-order chi connectivity index (χ0) is 22.3. The number of carbonyl (C=O) groups excluding carboxylic acids is 2. The van der Waals surface area contributed by atoms with E-state index >= 15 is 0 Å². The minimum atomic E-state index is -1.26. The minimum Gasteiger partial charge on any atom is -0.337 e. The molecule has 0 bridgehead atoms. The standard InChI is InChI=1S/C21H18N8O3/c1-13-6-3-4-9-16(13)18-23-17(32-25-18)11-28-19(30)21(2,24-20(28)31)14-7-5-8-15(10-14)29-12-22-26-27-29/h3-10,12H,11H2,1-2H3,(H,24,31)/t21-/m0/s1. The van der Waals surface area contributed by atoms with E-state index in [4.69, 9.17) is 4.52 Å². The van der Waals surface area contributed by atoms with Gasteiger partial charge in [0.2, 0.25) is 11.7 Å². The number of benzene rings is 2. The number of urea groups is 1. The van der Waals surface area contributed by atoms with Crippen molar-refractivity contribution in [2.45, 2.75) is 25.9 Å². The fourth-order valence-corrected chi connectivity index (χ4v) is 3.66. The second-order valence-corrected chi connectivity index (χ2v) is 7.58. The second-order valence-electron chi connectivity index (χ2n) is 7.58. The maximum atomic E-state index is 13.3.